The smallest absolute Gasteiger partial charge is 0.234 e. The Morgan fingerprint density at radius 3 is 2.68 bits per heavy atom. The molecule has 2 rings (SSSR count). The summed E-state index contributed by atoms with van der Waals surface area (Å²) < 4.78 is 5.50. The first-order chi connectivity index (χ1) is 9.34. The SMILES string of the molecule is O=C(CNC1CCCC1)NCCOc1ccccc1. The molecule has 4 nitrogen and oxygen atoms in total. The minimum Gasteiger partial charge on any atom is -0.492 e. The molecule has 1 aromatic carbocycles. The molecular formula is C15H22N2O2. The highest BCUT2D eigenvalue weighted by molar-refractivity contribution is 5.77. The number of amides is 1. The molecule has 0 unspecified atom stereocenters. The van der Waals surface area contributed by atoms with Crippen molar-refractivity contribution in [2.75, 3.05) is 19.7 Å². The van der Waals surface area contributed by atoms with Gasteiger partial charge in [0.1, 0.15) is 12.4 Å². The zero-order valence-electron chi connectivity index (χ0n) is 11.2. The Hall–Kier alpha value is -1.55. The standard InChI is InChI=1S/C15H22N2O2/c18-15(12-17-13-6-4-5-7-13)16-10-11-19-14-8-2-1-3-9-14/h1-3,8-9,13,17H,4-7,10-12H2,(H,16,18). The summed E-state index contributed by atoms with van der Waals surface area (Å²) in [5, 5.41) is 6.14. The van der Waals surface area contributed by atoms with Gasteiger partial charge in [-0.25, -0.2) is 0 Å². The molecule has 1 aliphatic carbocycles. The predicted octanol–water partition coefficient (Wildman–Crippen LogP) is 1.71. The van der Waals surface area contributed by atoms with Gasteiger partial charge >= 0.3 is 0 Å². The number of nitrogens with one attached hydrogen (secondary N) is 2. The quantitative estimate of drug-likeness (QED) is 0.736. The van der Waals surface area contributed by atoms with E-state index in [1.807, 2.05) is 30.3 Å². The van der Waals surface area contributed by atoms with Crippen molar-refractivity contribution in [3.8, 4) is 5.75 Å². The fourth-order valence-corrected chi connectivity index (χ4v) is 2.31. The summed E-state index contributed by atoms with van der Waals surface area (Å²) in [6.07, 6.45) is 4.96. The van der Waals surface area contributed by atoms with Gasteiger partial charge in [-0.2, -0.15) is 0 Å². The second kappa shape index (κ2) is 7.79. The van der Waals surface area contributed by atoms with Gasteiger partial charge in [0.15, 0.2) is 0 Å². The number of rotatable bonds is 7. The van der Waals surface area contributed by atoms with Gasteiger partial charge in [0, 0.05) is 6.04 Å². The molecule has 1 saturated carbocycles. The van der Waals surface area contributed by atoms with Crippen molar-refractivity contribution in [1.29, 1.82) is 0 Å². The summed E-state index contributed by atoms with van der Waals surface area (Å²) in [4.78, 5) is 11.6. The molecule has 0 atom stereocenters. The zero-order valence-corrected chi connectivity index (χ0v) is 11.2. The monoisotopic (exact) mass is 262 g/mol. The van der Waals surface area contributed by atoms with E-state index in [0.29, 0.717) is 25.7 Å². The fraction of sp³-hybridized carbons (Fsp3) is 0.533. The molecule has 1 fully saturated rings. The molecule has 0 spiro atoms. The van der Waals surface area contributed by atoms with Crippen LogP contribution in [-0.2, 0) is 4.79 Å². The molecule has 1 aromatic rings. The molecule has 0 aromatic heterocycles. The molecule has 1 amide bonds. The predicted molar refractivity (Wildman–Crippen MR) is 75.2 cm³/mol. The van der Waals surface area contributed by atoms with Crippen LogP contribution < -0.4 is 15.4 Å². The highest BCUT2D eigenvalue weighted by atomic mass is 16.5. The summed E-state index contributed by atoms with van der Waals surface area (Å²) in [5.74, 6) is 0.879. The minimum absolute atomic E-state index is 0.0450. The van der Waals surface area contributed by atoms with Crippen molar-refractivity contribution in [1.82, 2.24) is 10.6 Å². The Labute approximate surface area is 114 Å². The van der Waals surface area contributed by atoms with Gasteiger partial charge < -0.3 is 15.4 Å². The van der Waals surface area contributed by atoms with E-state index in [0.717, 1.165) is 5.75 Å². The molecule has 19 heavy (non-hydrogen) atoms. The van der Waals surface area contributed by atoms with E-state index in [1.54, 1.807) is 0 Å². The largest absolute Gasteiger partial charge is 0.492 e. The normalized spacial score (nSPS) is 15.4. The third-order valence-corrected chi connectivity index (χ3v) is 3.34. The Balaban J connectivity index is 1.51. The van der Waals surface area contributed by atoms with Crippen LogP contribution in [0.15, 0.2) is 30.3 Å². The lowest BCUT2D eigenvalue weighted by molar-refractivity contribution is -0.120. The van der Waals surface area contributed by atoms with Gasteiger partial charge in [0.05, 0.1) is 13.1 Å². The van der Waals surface area contributed by atoms with Crippen LogP contribution >= 0.6 is 0 Å². The number of ether oxygens (including phenoxy) is 1. The number of hydrogen-bond acceptors (Lipinski definition) is 3. The van der Waals surface area contributed by atoms with Gasteiger partial charge in [-0.05, 0) is 25.0 Å². The maximum absolute atomic E-state index is 11.6. The molecule has 2 N–H and O–H groups in total. The first kappa shape index (κ1) is 13.9. The lowest BCUT2D eigenvalue weighted by Gasteiger charge is -2.12. The van der Waals surface area contributed by atoms with E-state index < -0.39 is 0 Å². The Bertz CT molecular complexity index is 375. The lowest BCUT2D eigenvalue weighted by Crippen LogP contribution is -2.39. The fourth-order valence-electron chi connectivity index (χ4n) is 2.31. The first-order valence-electron chi connectivity index (χ1n) is 7.02. The zero-order chi connectivity index (χ0) is 13.3. The number of para-hydroxylation sites is 1. The van der Waals surface area contributed by atoms with Crippen LogP contribution in [0.1, 0.15) is 25.7 Å². The van der Waals surface area contributed by atoms with Crippen LogP contribution in [0.3, 0.4) is 0 Å². The number of benzene rings is 1. The number of carbonyl (C=O) groups is 1. The average molecular weight is 262 g/mol. The second-order valence-corrected chi connectivity index (χ2v) is 4.87. The van der Waals surface area contributed by atoms with Crippen molar-refractivity contribution in [3.05, 3.63) is 30.3 Å². The summed E-state index contributed by atoms with van der Waals surface area (Å²) in [6, 6.07) is 10.2. The average Bonchev–Trinajstić information content (AvgIpc) is 2.96. The molecule has 0 heterocycles. The highest BCUT2D eigenvalue weighted by Gasteiger charge is 2.14. The van der Waals surface area contributed by atoms with Crippen LogP contribution in [0.25, 0.3) is 0 Å². The molecule has 4 heteroatoms. The van der Waals surface area contributed by atoms with E-state index in [4.69, 9.17) is 4.74 Å². The van der Waals surface area contributed by atoms with Crippen LogP contribution in [0.5, 0.6) is 5.75 Å². The maximum atomic E-state index is 11.6. The van der Waals surface area contributed by atoms with Crippen molar-refractivity contribution in [3.63, 3.8) is 0 Å². The molecule has 0 aliphatic heterocycles. The molecular weight excluding hydrogens is 240 g/mol. The summed E-state index contributed by atoms with van der Waals surface area (Å²) in [6.45, 7) is 1.45. The van der Waals surface area contributed by atoms with Crippen LogP contribution in [0.2, 0.25) is 0 Å². The van der Waals surface area contributed by atoms with Crippen molar-refractivity contribution < 1.29 is 9.53 Å². The van der Waals surface area contributed by atoms with E-state index in [9.17, 15) is 4.79 Å². The van der Waals surface area contributed by atoms with Crippen molar-refractivity contribution >= 4 is 5.91 Å². The van der Waals surface area contributed by atoms with E-state index in [-0.39, 0.29) is 5.91 Å². The van der Waals surface area contributed by atoms with E-state index in [2.05, 4.69) is 10.6 Å². The van der Waals surface area contributed by atoms with Crippen molar-refractivity contribution in [2.24, 2.45) is 0 Å². The van der Waals surface area contributed by atoms with Gasteiger partial charge in [-0.15, -0.1) is 0 Å². The first-order valence-corrected chi connectivity index (χ1v) is 7.02. The molecule has 0 radical (unpaired) electrons. The third-order valence-electron chi connectivity index (χ3n) is 3.34. The summed E-state index contributed by atoms with van der Waals surface area (Å²) in [5.41, 5.74) is 0. The molecule has 0 saturated heterocycles. The topological polar surface area (TPSA) is 50.4 Å². The maximum Gasteiger partial charge on any atom is 0.234 e. The minimum atomic E-state index is 0.0450. The second-order valence-electron chi connectivity index (χ2n) is 4.87. The molecule has 104 valence electrons. The lowest BCUT2D eigenvalue weighted by atomic mass is 10.2. The van der Waals surface area contributed by atoms with Gasteiger partial charge in [0.25, 0.3) is 0 Å². The van der Waals surface area contributed by atoms with Gasteiger partial charge in [0.2, 0.25) is 5.91 Å². The molecule has 0 bridgehead atoms. The van der Waals surface area contributed by atoms with Gasteiger partial charge in [-0.1, -0.05) is 31.0 Å². The van der Waals surface area contributed by atoms with Crippen LogP contribution in [0, 0.1) is 0 Å². The number of carbonyl (C=O) groups excluding carboxylic acids is 1. The van der Waals surface area contributed by atoms with Crippen molar-refractivity contribution in [2.45, 2.75) is 31.7 Å². The number of hydrogen-bond donors (Lipinski definition) is 2. The van der Waals surface area contributed by atoms with Crippen LogP contribution in [0.4, 0.5) is 0 Å². The Kier molecular flexibility index (Phi) is 5.69. The highest BCUT2D eigenvalue weighted by Crippen LogP contribution is 2.17. The third kappa shape index (κ3) is 5.30. The molecule has 1 aliphatic rings. The summed E-state index contributed by atoms with van der Waals surface area (Å²) >= 11 is 0. The van der Waals surface area contributed by atoms with E-state index >= 15 is 0 Å². The van der Waals surface area contributed by atoms with Gasteiger partial charge in [-0.3, -0.25) is 4.79 Å². The van der Waals surface area contributed by atoms with Crippen LogP contribution in [-0.4, -0.2) is 31.6 Å². The summed E-state index contributed by atoms with van der Waals surface area (Å²) in [7, 11) is 0. The Morgan fingerprint density at radius 2 is 1.95 bits per heavy atom. The van der Waals surface area contributed by atoms with E-state index in [1.165, 1.54) is 25.7 Å². The Morgan fingerprint density at radius 1 is 1.21 bits per heavy atom.